The zero-order chi connectivity index (χ0) is 16.6. The number of rotatable bonds is 3. The van der Waals surface area contributed by atoms with Crippen molar-refractivity contribution in [1.82, 2.24) is 0 Å². The molecule has 1 heterocycles. The quantitative estimate of drug-likeness (QED) is 0.845. The summed E-state index contributed by atoms with van der Waals surface area (Å²) in [6.45, 7) is 3.97. The fourth-order valence-electron chi connectivity index (χ4n) is 3.08. The van der Waals surface area contributed by atoms with E-state index in [1.54, 1.807) is 0 Å². The molecule has 1 fully saturated rings. The van der Waals surface area contributed by atoms with Crippen molar-refractivity contribution in [2.24, 2.45) is 0 Å². The summed E-state index contributed by atoms with van der Waals surface area (Å²) in [6.07, 6.45) is -1.52. The summed E-state index contributed by atoms with van der Waals surface area (Å²) in [6, 6.07) is 15.1. The Morgan fingerprint density at radius 2 is 1.57 bits per heavy atom. The van der Waals surface area contributed by atoms with Gasteiger partial charge in [0, 0.05) is 6.42 Å². The lowest BCUT2D eigenvalue weighted by molar-refractivity contribution is -0.106. The first-order valence-electron chi connectivity index (χ1n) is 7.74. The van der Waals surface area contributed by atoms with E-state index in [4.69, 9.17) is 16.3 Å². The molecule has 2 aromatic rings. The third-order valence-corrected chi connectivity index (χ3v) is 4.75. The lowest BCUT2D eigenvalue weighted by atomic mass is 9.82. The van der Waals surface area contributed by atoms with Gasteiger partial charge in [-0.25, -0.2) is 0 Å². The maximum atomic E-state index is 11.2. The fourth-order valence-corrected chi connectivity index (χ4v) is 3.42. The minimum absolute atomic E-state index is 0.241. The third-order valence-electron chi connectivity index (χ3n) is 4.49. The Kier molecular flexibility index (Phi) is 4.47. The molecule has 0 aliphatic carbocycles. The van der Waals surface area contributed by atoms with Gasteiger partial charge in [-0.1, -0.05) is 71.3 Å². The summed E-state index contributed by atoms with van der Waals surface area (Å²) in [5.41, 5.74) is 1.68. The van der Waals surface area contributed by atoms with Crippen LogP contribution in [0.4, 0.5) is 0 Å². The number of halogens is 1. The van der Waals surface area contributed by atoms with Gasteiger partial charge >= 0.3 is 0 Å². The van der Waals surface area contributed by atoms with Crippen LogP contribution in [0.25, 0.3) is 0 Å². The highest BCUT2D eigenvalue weighted by molar-refractivity contribution is 6.19. The van der Waals surface area contributed by atoms with Crippen LogP contribution >= 0.6 is 11.6 Å². The molecule has 1 aliphatic heterocycles. The van der Waals surface area contributed by atoms with E-state index in [0.29, 0.717) is 11.1 Å². The molecule has 4 heteroatoms. The first-order chi connectivity index (χ1) is 10.9. The van der Waals surface area contributed by atoms with Gasteiger partial charge in [-0.2, -0.15) is 0 Å². The van der Waals surface area contributed by atoms with Crippen molar-refractivity contribution in [3.05, 3.63) is 70.8 Å². The van der Waals surface area contributed by atoms with Crippen LogP contribution in [0.5, 0.6) is 0 Å². The van der Waals surface area contributed by atoms with E-state index in [-0.39, 0.29) is 6.42 Å². The van der Waals surface area contributed by atoms with Crippen LogP contribution in [-0.4, -0.2) is 21.9 Å². The van der Waals surface area contributed by atoms with Crippen LogP contribution in [0.3, 0.4) is 0 Å². The highest BCUT2D eigenvalue weighted by Crippen LogP contribution is 2.45. The van der Waals surface area contributed by atoms with Crippen molar-refractivity contribution in [1.29, 1.82) is 0 Å². The van der Waals surface area contributed by atoms with E-state index < -0.39 is 23.4 Å². The van der Waals surface area contributed by atoms with Crippen LogP contribution in [0.1, 0.15) is 34.8 Å². The number of aryl methyl sites for hydroxylation is 2. The van der Waals surface area contributed by atoms with Crippen LogP contribution in [-0.2, 0) is 10.3 Å². The second kappa shape index (κ2) is 6.25. The van der Waals surface area contributed by atoms with E-state index in [1.165, 1.54) is 0 Å². The predicted molar refractivity (Wildman–Crippen MR) is 90.3 cm³/mol. The van der Waals surface area contributed by atoms with E-state index in [2.05, 4.69) is 0 Å². The minimum Gasteiger partial charge on any atom is -0.386 e. The Morgan fingerprint density at radius 3 is 2.13 bits per heavy atom. The smallest absolute Gasteiger partial charge is 0.135 e. The lowest BCUT2D eigenvalue weighted by Gasteiger charge is -2.32. The molecular formula is C19H21ClO3. The van der Waals surface area contributed by atoms with Gasteiger partial charge in [0.15, 0.2) is 0 Å². The highest BCUT2D eigenvalue weighted by Gasteiger charge is 2.51. The molecule has 0 radical (unpaired) electrons. The van der Waals surface area contributed by atoms with Gasteiger partial charge in [-0.15, -0.1) is 0 Å². The van der Waals surface area contributed by atoms with Gasteiger partial charge in [0.2, 0.25) is 0 Å². The van der Waals surface area contributed by atoms with Crippen LogP contribution in [0.2, 0.25) is 0 Å². The molecule has 1 unspecified atom stereocenters. The molecule has 0 bridgehead atoms. The molecule has 0 spiro atoms. The van der Waals surface area contributed by atoms with Gasteiger partial charge in [-0.3, -0.25) is 0 Å². The second-order valence-corrected chi connectivity index (χ2v) is 6.80. The van der Waals surface area contributed by atoms with Gasteiger partial charge in [0.25, 0.3) is 0 Å². The Labute approximate surface area is 141 Å². The Balaban J connectivity index is 1.95. The van der Waals surface area contributed by atoms with Crippen LogP contribution in [0.15, 0.2) is 48.5 Å². The summed E-state index contributed by atoms with van der Waals surface area (Å²) < 4.78 is 5.67. The fraction of sp³-hybridized carbons (Fsp3) is 0.368. The Morgan fingerprint density at radius 1 is 1.04 bits per heavy atom. The third kappa shape index (κ3) is 3.15. The minimum atomic E-state index is -1.32. The average Bonchev–Trinajstić information content (AvgIpc) is 2.84. The standard InChI is InChI=1S/C19H21ClO3/c1-12-3-7-14(8-4-12)17(21)18-19(22,11-16(20)23-18)15-9-5-13(2)6-10-15/h3-10,16-18,21-22H,11H2,1-2H3/t16-,17?,18+,19+/m0/s1. The normalized spacial score (nSPS) is 28.7. The molecule has 2 aromatic carbocycles. The van der Waals surface area contributed by atoms with Crippen LogP contribution < -0.4 is 0 Å². The molecule has 122 valence electrons. The zero-order valence-electron chi connectivity index (χ0n) is 13.2. The maximum Gasteiger partial charge on any atom is 0.135 e. The lowest BCUT2D eigenvalue weighted by Crippen LogP contribution is -2.39. The van der Waals surface area contributed by atoms with Gasteiger partial charge in [-0.05, 0) is 25.0 Å². The molecule has 4 atom stereocenters. The number of alkyl halides is 1. The molecule has 1 aliphatic rings. The van der Waals surface area contributed by atoms with Gasteiger partial charge < -0.3 is 14.9 Å². The number of ether oxygens (including phenoxy) is 1. The number of aliphatic hydroxyl groups is 2. The van der Waals surface area contributed by atoms with Crippen molar-refractivity contribution in [3.63, 3.8) is 0 Å². The molecule has 2 N–H and O–H groups in total. The number of aliphatic hydroxyl groups excluding tert-OH is 1. The molecule has 3 rings (SSSR count). The monoisotopic (exact) mass is 332 g/mol. The van der Waals surface area contributed by atoms with E-state index in [1.807, 2.05) is 62.4 Å². The van der Waals surface area contributed by atoms with Crippen molar-refractivity contribution < 1.29 is 14.9 Å². The molecule has 1 saturated heterocycles. The molecular weight excluding hydrogens is 312 g/mol. The van der Waals surface area contributed by atoms with Crippen molar-refractivity contribution in [3.8, 4) is 0 Å². The Hall–Kier alpha value is -1.39. The summed E-state index contributed by atoms with van der Waals surface area (Å²) in [5, 5.41) is 21.9. The first-order valence-corrected chi connectivity index (χ1v) is 8.17. The van der Waals surface area contributed by atoms with E-state index in [9.17, 15) is 10.2 Å². The van der Waals surface area contributed by atoms with Crippen molar-refractivity contribution >= 4 is 11.6 Å². The second-order valence-electron chi connectivity index (χ2n) is 6.32. The number of benzene rings is 2. The first kappa shape index (κ1) is 16.5. The highest BCUT2D eigenvalue weighted by atomic mass is 35.5. The summed E-state index contributed by atoms with van der Waals surface area (Å²) in [4.78, 5) is 0. The predicted octanol–water partition coefficient (Wildman–Crippen LogP) is 3.58. The topological polar surface area (TPSA) is 49.7 Å². The van der Waals surface area contributed by atoms with Crippen molar-refractivity contribution in [2.45, 2.75) is 43.6 Å². The molecule has 0 saturated carbocycles. The van der Waals surface area contributed by atoms with E-state index in [0.717, 1.165) is 11.1 Å². The van der Waals surface area contributed by atoms with Crippen LogP contribution in [0, 0.1) is 13.8 Å². The van der Waals surface area contributed by atoms with E-state index >= 15 is 0 Å². The SMILES string of the molecule is Cc1ccc(C(O)[C@H]2O[C@H](Cl)C[C@@]2(O)c2ccc(C)cc2)cc1. The molecule has 3 nitrogen and oxygen atoms in total. The zero-order valence-corrected chi connectivity index (χ0v) is 14.0. The molecule has 23 heavy (non-hydrogen) atoms. The van der Waals surface area contributed by atoms with Crippen molar-refractivity contribution in [2.75, 3.05) is 0 Å². The molecule has 0 amide bonds. The Bertz CT molecular complexity index is 668. The van der Waals surface area contributed by atoms with Gasteiger partial charge in [0.1, 0.15) is 23.4 Å². The number of hydrogen-bond donors (Lipinski definition) is 2. The van der Waals surface area contributed by atoms with Gasteiger partial charge in [0.05, 0.1) is 0 Å². The number of hydrogen-bond acceptors (Lipinski definition) is 3. The maximum absolute atomic E-state index is 11.2. The summed E-state index contributed by atoms with van der Waals surface area (Å²) in [7, 11) is 0. The average molecular weight is 333 g/mol. The summed E-state index contributed by atoms with van der Waals surface area (Å²) >= 11 is 6.14. The largest absolute Gasteiger partial charge is 0.386 e. The summed E-state index contributed by atoms with van der Waals surface area (Å²) in [5.74, 6) is 0. The molecule has 0 aromatic heterocycles.